The fraction of sp³-hybridized carbons (Fsp3) is 0.267. The third-order valence-electron chi connectivity index (χ3n) is 3.33. The number of nitrogens with two attached hydrogens (primary N) is 1. The van der Waals surface area contributed by atoms with Crippen molar-refractivity contribution in [3.8, 4) is 27.8 Å². The van der Waals surface area contributed by atoms with E-state index >= 15 is 0 Å². The maximum absolute atomic E-state index is 12.1. The molecule has 0 unspecified atom stereocenters. The molecule has 0 aliphatic carbocycles. The summed E-state index contributed by atoms with van der Waals surface area (Å²) in [6, 6.07) is 3.53. The van der Waals surface area contributed by atoms with Gasteiger partial charge in [0.15, 0.2) is 15.8 Å². The molecule has 0 fully saturated rings. The molecule has 2 aromatic heterocycles. The first kappa shape index (κ1) is 20.1. The van der Waals surface area contributed by atoms with Crippen molar-refractivity contribution in [2.24, 2.45) is 0 Å². The van der Waals surface area contributed by atoms with Gasteiger partial charge in [-0.2, -0.15) is 0 Å². The second-order valence-electron chi connectivity index (χ2n) is 5.07. The topological polar surface area (TPSA) is 134 Å². The number of benzene rings is 1. The molecular weight excluding hydrogens is 424 g/mol. The number of hydrogen-bond donors (Lipinski definition) is 2. The van der Waals surface area contributed by atoms with E-state index in [0.29, 0.717) is 36.9 Å². The van der Waals surface area contributed by atoms with Crippen molar-refractivity contribution in [2.45, 2.75) is 4.34 Å². The van der Waals surface area contributed by atoms with E-state index in [2.05, 4.69) is 25.7 Å². The summed E-state index contributed by atoms with van der Waals surface area (Å²) in [7, 11) is 4.61. The van der Waals surface area contributed by atoms with Crippen molar-refractivity contribution in [1.29, 1.82) is 0 Å². The highest BCUT2D eigenvalue weighted by molar-refractivity contribution is 8.01. The third-order valence-corrected chi connectivity index (χ3v) is 6.11. The Labute approximate surface area is 172 Å². The van der Waals surface area contributed by atoms with Gasteiger partial charge in [0.05, 0.1) is 27.1 Å². The van der Waals surface area contributed by atoms with Crippen molar-refractivity contribution in [3.05, 3.63) is 12.1 Å². The number of aromatic nitrogens is 4. The van der Waals surface area contributed by atoms with Crippen molar-refractivity contribution < 1.29 is 19.0 Å². The van der Waals surface area contributed by atoms with Crippen molar-refractivity contribution in [3.63, 3.8) is 0 Å². The Kier molecular flexibility index (Phi) is 6.49. The highest BCUT2D eigenvalue weighted by atomic mass is 32.2. The lowest BCUT2D eigenvalue weighted by Crippen LogP contribution is -2.13. The number of carbonyl (C=O) groups is 1. The van der Waals surface area contributed by atoms with Crippen LogP contribution in [-0.4, -0.2) is 53.4 Å². The summed E-state index contributed by atoms with van der Waals surface area (Å²) in [5, 5.41) is 19.7. The summed E-state index contributed by atoms with van der Waals surface area (Å²) < 4.78 is 16.6. The Morgan fingerprint density at radius 3 is 2.36 bits per heavy atom. The van der Waals surface area contributed by atoms with Crippen molar-refractivity contribution in [1.82, 2.24) is 20.4 Å². The Balaban J connectivity index is 1.70. The molecule has 3 aromatic rings. The van der Waals surface area contributed by atoms with Crippen LogP contribution in [0.1, 0.15) is 0 Å². The second-order valence-corrected chi connectivity index (χ2v) is 8.28. The number of anilines is 2. The van der Waals surface area contributed by atoms with E-state index in [4.69, 9.17) is 19.9 Å². The summed E-state index contributed by atoms with van der Waals surface area (Å²) >= 11 is 3.71. The number of hydrogen-bond acceptors (Lipinski definition) is 12. The number of nitrogens with one attached hydrogen (secondary N) is 1. The van der Waals surface area contributed by atoms with E-state index in [1.54, 1.807) is 12.1 Å². The second kappa shape index (κ2) is 9.03. The van der Waals surface area contributed by atoms with Gasteiger partial charge < -0.3 is 19.9 Å². The number of nitrogens with zero attached hydrogens (tertiary/aromatic N) is 4. The zero-order valence-corrected chi connectivity index (χ0v) is 17.5. The molecule has 3 N–H and O–H groups in total. The fourth-order valence-corrected chi connectivity index (χ4v) is 4.34. The molecule has 0 saturated carbocycles. The van der Waals surface area contributed by atoms with E-state index in [0.717, 1.165) is 5.56 Å². The largest absolute Gasteiger partial charge is 0.493 e. The van der Waals surface area contributed by atoms with E-state index in [9.17, 15) is 4.79 Å². The minimum absolute atomic E-state index is 0.160. The van der Waals surface area contributed by atoms with Gasteiger partial charge in [-0.15, -0.1) is 20.4 Å². The molecule has 0 radical (unpaired) electrons. The van der Waals surface area contributed by atoms with Gasteiger partial charge in [-0.3, -0.25) is 10.1 Å². The first-order valence-corrected chi connectivity index (χ1v) is 10.3. The average Bonchev–Trinajstić information content (AvgIpc) is 3.34. The first-order chi connectivity index (χ1) is 13.5. The summed E-state index contributed by atoms with van der Waals surface area (Å²) in [6.45, 7) is 0. The van der Waals surface area contributed by atoms with Crippen LogP contribution in [0.25, 0.3) is 10.6 Å². The molecule has 0 aliphatic heterocycles. The van der Waals surface area contributed by atoms with Crippen LogP contribution in [0.5, 0.6) is 17.2 Å². The molecule has 28 heavy (non-hydrogen) atoms. The van der Waals surface area contributed by atoms with Crippen LogP contribution in [0.15, 0.2) is 16.5 Å². The van der Waals surface area contributed by atoms with Crippen LogP contribution in [0, 0.1) is 0 Å². The lowest BCUT2D eigenvalue weighted by atomic mass is 10.2. The van der Waals surface area contributed by atoms with Gasteiger partial charge in [0.25, 0.3) is 0 Å². The van der Waals surface area contributed by atoms with Gasteiger partial charge >= 0.3 is 0 Å². The molecule has 0 atom stereocenters. The summed E-state index contributed by atoms with van der Waals surface area (Å²) in [6.07, 6.45) is 0. The van der Waals surface area contributed by atoms with E-state index in [-0.39, 0.29) is 11.7 Å². The minimum atomic E-state index is -0.230. The van der Waals surface area contributed by atoms with Crippen LogP contribution in [0.2, 0.25) is 0 Å². The number of methoxy groups -OCH3 is 3. The number of amides is 1. The zero-order chi connectivity index (χ0) is 20.1. The molecule has 0 bridgehead atoms. The monoisotopic (exact) mass is 440 g/mol. The molecular formula is C15H16N6O4S3. The zero-order valence-electron chi connectivity index (χ0n) is 15.1. The lowest BCUT2D eigenvalue weighted by molar-refractivity contribution is -0.113. The molecule has 3 rings (SSSR count). The lowest BCUT2D eigenvalue weighted by Gasteiger charge is -2.13. The van der Waals surface area contributed by atoms with Gasteiger partial charge in [-0.25, -0.2) is 0 Å². The molecule has 13 heteroatoms. The van der Waals surface area contributed by atoms with Gasteiger partial charge in [0.1, 0.15) is 5.01 Å². The summed E-state index contributed by atoms with van der Waals surface area (Å²) in [4.78, 5) is 12.1. The predicted molar refractivity (Wildman–Crippen MR) is 109 cm³/mol. The van der Waals surface area contributed by atoms with Crippen molar-refractivity contribution >= 4 is 50.6 Å². The highest BCUT2D eigenvalue weighted by Gasteiger charge is 2.17. The van der Waals surface area contributed by atoms with Crippen LogP contribution in [0.4, 0.5) is 10.3 Å². The maximum atomic E-state index is 12.1. The quantitative estimate of drug-likeness (QED) is 0.503. The van der Waals surface area contributed by atoms with Crippen molar-refractivity contribution in [2.75, 3.05) is 38.1 Å². The standard InChI is InChI=1S/C15H16N6O4S3/c1-23-8-4-7(5-9(24-2)11(8)25-3)12-18-20-14(27-12)17-10(22)6-26-15-21-19-13(16)28-15/h4-5H,6H2,1-3H3,(H2,16,19)(H,17,20,22). The normalized spacial score (nSPS) is 10.5. The SMILES string of the molecule is COc1cc(-c2nnc(NC(=O)CSc3nnc(N)s3)s2)cc(OC)c1OC. The predicted octanol–water partition coefficient (Wildman–Crippen LogP) is 2.40. The third kappa shape index (κ3) is 4.61. The van der Waals surface area contributed by atoms with Gasteiger partial charge in [-0.1, -0.05) is 34.4 Å². The van der Waals surface area contributed by atoms with Crippen LogP contribution >= 0.6 is 34.4 Å². The van der Waals surface area contributed by atoms with E-state index in [1.807, 2.05) is 0 Å². The summed E-state index contributed by atoms with van der Waals surface area (Å²) in [5.74, 6) is 1.43. The Bertz CT molecular complexity index is 951. The van der Waals surface area contributed by atoms with E-state index < -0.39 is 0 Å². The number of nitrogen functional groups attached to an aromatic ring is 1. The molecule has 0 aliphatic rings. The molecule has 10 nitrogen and oxygen atoms in total. The van der Waals surface area contributed by atoms with Gasteiger partial charge in [-0.05, 0) is 12.1 Å². The molecule has 2 heterocycles. The smallest absolute Gasteiger partial charge is 0.236 e. The van der Waals surface area contributed by atoms with Gasteiger partial charge in [0, 0.05) is 5.56 Å². The number of rotatable bonds is 8. The first-order valence-electron chi connectivity index (χ1n) is 7.69. The number of thioether (sulfide) groups is 1. The van der Waals surface area contributed by atoms with Crippen LogP contribution < -0.4 is 25.3 Å². The molecule has 0 spiro atoms. The minimum Gasteiger partial charge on any atom is -0.493 e. The Morgan fingerprint density at radius 1 is 1.07 bits per heavy atom. The molecule has 1 aromatic carbocycles. The molecule has 0 saturated heterocycles. The number of carbonyl (C=O) groups excluding carboxylic acids is 1. The van der Waals surface area contributed by atoms with E-state index in [1.165, 1.54) is 55.8 Å². The van der Waals surface area contributed by atoms with Crippen LogP contribution in [-0.2, 0) is 4.79 Å². The fourth-order valence-electron chi connectivity index (χ4n) is 2.16. The maximum Gasteiger partial charge on any atom is 0.236 e. The molecule has 1 amide bonds. The molecule has 148 valence electrons. The summed E-state index contributed by atoms with van der Waals surface area (Å²) in [5.41, 5.74) is 6.24. The van der Waals surface area contributed by atoms with Crippen LogP contribution in [0.3, 0.4) is 0 Å². The highest BCUT2D eigenvalue weighted by Crippen LogP contribution is 2.42. The Hall–Kier alpha value is -2.64. The Morgan fingerprint density at radius 2 is 1.79 bits per heavy atom. The average molecular weight is 441 g/mol. The van der Waals surface area contributed by atoms with Gasteiger partial charge in [0.2, 0.25) is 21.9 Å². The number of ether oxygens (including phenoxy) is 3.